The Morgan fingerprint density at radius 2 is 1.74 bits per heavy atom. The molecular formula is C24H28N2O. The standard InChI is InChI=1S/C24H28N2O/c1-2-12-25-13-15-26(16-14-25)22-11-10-20-8-9-21(24(27)23(20)18-22)17-19-6-4-3-5-7-19/h3-7,10-11,17-18H,2,8-9,12-16H2,1H3/b21-17+. The van der Waals surface area contributed by atoms with E-state index in [-0.39, 0.29) is 5.78 Å². The summed E-state index contributed by atoms with van der Waals surface area (Å²) in [6.45, 7) is 7.72. The number of ketones is 1. The second kappa shape index (κ2) is 8.10. The van der Waals surface area contributed by atoms with Gasteiger partial charge in [-0.15, -0.1) is 0 Å². The third kappa shape index (κ3) is 3.98. The van der Waals surface area contributed by atoms with Crippen LogP contribution in [0.2, 0.25) is 0 Å². The molecule has 0 saturated carbocycles. The molecule has 2 aromatic rings. The van der Waals surface area contributed by atoms with Crippen LogP contribution in [0.5, 0.6) is 0 Å². The summed E-state index contributed by atoms with van der Waals surface area (Å²) in [5.74, 6) is 0.201. The number of carbonyl (C=O) groups excluding carboxylic acids is 1. The zero-order valence-electron chi connectivity index (χ0n) is 16.2. The first-order chi connectivity index (χ1) is 13.2. The first-order valence-electron chi connectivity index (χ1n) is 10.1. The van der Waals surface area contributed by atoms with Crippen molar-refractivity contribution in [3.63, 3.8) is 0 Å². The maximum Gasteiger partial charge on any atom is 0.189 e. The number of allylic oxidation sites excluding steroid dienone is 1. The van der Waals surface area contributed by atoms with Crippen LogP contribution in [0, 0.1) is 0 Å². The summed E-state index contributed by atoms with van der Waals surface area (Å²) in [5, 5.41) is 0. The lowest BCUT2D eigenvalue weighted by Crippen LogP contribution is -2.46. The molecule has 2 aliphatic rings. The van der Waals surface area contributed by atoms with Crippen LogP contribution in [-0.4, -0.2) is 43.4 Å². The molecule has 4 rings (SSSR count). The number of Topliss-reactive ketones (excluding diaryl/α,β-unsaturated/α-hetero) is 1. The molecule has 0 spiro atoms. The molecule has 2 aromatic carbocycles. The molecule has 0 unspecified atom stereocenters. The molecule has 0 atom stereocenters. The third-order valence-corrected chi connectivity index (χ3v) is 5.71. The highest BCUT2D eigenvalue weighted by Gasteiger charge is 2.24. The smallest absolute Gasteiger partial charge is 0.189 e. The molecule has 1 aliphatic carbocycles. The van der Waals surface area contributed by atoms with Crippen molar-refractivity contribution >= 4 is 17.5 Å². The van der Waals surface area contributed by atoms with Gasteiger partial charge in [0.1, 0.15) is 0 Å². The number of piperazine rings is 1. The van der Waals surface area contributed by atoms with Crippen molar-refractivity contribution in [1.29, 1.82) is 0 Å². The molecule has 1 saturated heterocycles. The number of rotatable bonds is 4. The van der Waals surface area contributed by atoms with Crippen molar-refractivity contribution in [2.75, 3.05) is 37.6 Å². The molecular weight excluding hydrogens is 332 g/mol. The van der Waals surface area contributed by atoms with E-state index >= 15 is 0 Å². The fraction of sp³-hybridized carbons (Fsp3) is 0.375. The molecule has 0 N–H and O–H groups in total. The Labute approximate surface area is 162 Å². The van der Waals surface area contributed by atoms with Crippen LogP contribution in [0.4, 0.5) is 5.69 Å². The van der Waals surface area contributed by atoms with Gasteiger partial charge in [-0.3, -0.25) is 9.69 Å². The molecule has 3 heteroatoms. The van der Waals surface area contributed by atoms with Gasteiger partial charge in [0.25, 0.3) is 0 Å². The Morgan fingerprint density at radius 3 is 2.48 bits per heavy atom. The van der Waals surface area contributed by atoms with Gasteiger partial charge in [-0.25, -0.2) is 0 Å². The van der Waals surface area contributed by atoms with Crippen molar-refractivity contribution in [1.82, 2.24) is 4.90 Å². The molecule has 0 radical (unpaired) electrons. The zero-order valence-corrected chi connectivity index (χ0v) is 16.2. The highest BCUT2D eigenvalue weighted by atomic mass is 16.1. The van der Waals surface area contributed by atoms with Crippen molar-refractivity contribution in [3.8, 4) is 0 Å². The van der Waals surface area contributed by atoms with Gasteiger partial charge in [-0.1, -0.05) is 43.3 Å². The summed E-state index contributed by atoms with van der Waals surface area (Å²) in [6.07, 6.45) is 5.05. The fourth-order valence-electron chi connectivity index (χ4n) is 4.18. The lowest BCUT2D eigenvalue weighted by molar-refractivity contribution is 0.102. The minimum Gasteiger partial charge on any atom is -0.369 e. The molecule has 0 amide bonds. The minimum atomic E-state index is 0.201. The van der Waals surface area contributed by atoms with Gasteiger partial charge < -0.3 is 4.90 Å². The van der Waals surface area contributed by atoms with E-state index in [9.17, 15) is 4.79 Å². The summed E-state index contributed by atoms with van der Waals surface area (Å²) in [6, 6.07) is 16.7. The third-order valence-electron chi connectivity index (χ3n) is 5.71. The lowest BCUT2D eigenvalue weighted by Gasteiger charge is -2.36. The van der Waals surface area contributed by atoms with E-state index in [1.165, 1.54) is 24.2 Å². The first-order valence-corrected chi connectivity index (χ1v) is 10.1. The lowest BCUT2D eigenvalue weighted by atomic mass is 9.85. The van der Waals surface area contributed by atoms with Gasteiger partial charge in [-0.05, 0) is 55.1 Å². The van der Waals surface area contributed by atoms with Gasteiger partial charge in [-0.2, -0.15) is 0 Å². The quantitative estimate of drug-likeness (QED) is 0.754. The van der Waals surface area contributed by atoms with Crippen molar-refractivity contribution in [3.05, 3.63) is 70.8 Å². The van der Waals surface area contributed by atoms with Crippen LogP contribution >= 0.6 is 0 Å². The van der Waals surface area contributed by atoms with Crippen molar-refractivity contribution in [2.24, 2.45) is 0 Å². The Bertz CT molecular complexity index is 833. The number of hydrogen-bond acceptors (Lipinski definition) is 3. The summed E-state index contributed by atoms with van der Waals surface area (Å²) in [4.78, 5) is 18.1. The average molecular weight is 361 g/mol. The molecule has 3 nitrogen and oxygen atoms in total. The van der Waals surface area contributed by atoms with Crippen LogP contribution in [-0.2, 0) is 6.42 Å². The predicted molar refractivity (Wildman–Crippen MR) is 112 cm³/mol. The zero-order chi connectivity index (χ0) is 18.6. The van der Waals surface area contributed by atoms with Crippen LogP contribution in [0.1, 0.15) is 41.3 Å². The van der Waals surface area contributed by atoms with Crippen molar-refractivity contribution < 1.29 is 4.79 Å². The number of aryl methyl sites for hydroxylation is 1. The maximum absolute atomic E-state index is 13.1. The number of fused-ring (bicyclic) bond motifs is 1. The minimum absolute atomic E-state index is 0.201. The largest absolute Gasteiger partial charge is 0.369 e. The van der Waals surface area contributed by atoms with Gasteiger partial charge in [0.2, 0.25) is 0 Å². The fourth-order valence-corrected chi connectivity index (χ4v) is 4.18. The Balaban J connectivity index is 1.54. The van der Waals surface area contributed by atoms with Crippen molar-refractivity contribution in [2.45, 2.75) is 26.2 Å². The van der Waals surface area contributed by atoms with E-state index in [2.05, 4.69) is 53.1 Å². The number of carbonyl (C=O) groups is 1. The highest BCUT2D eigenvalue weighted by Crippen LogP contribution is 2.30. The maximum atomic E-state index is 13.1. The number of nitrogens with zero attached hydrogens (tertiary/aromatic N) is 2. The average Bonchev–Trinajstić information content (AvgIpc) is 2.72. The molecule has 0 bridgehead atoms. The van der Waals surface area contributed by atoms with Gasteiger partial charge >= 0.3 is 0 Å². The molecule has 1 aliphatic heterocycles. The van der Waals surface area contributed by atoms with E-state index < -0.39 is 0 Å². The second-order valence-electron chi connectivity index (χ2n) is 7.58. The Hall–Kier alpha value is -2.39. The topological polar surface area (TPSA) is 23.6 Å². The highest BCUT2D eigenvalue weighted by molar-refractivity contribution is 6.13. The van der Waals surface area contributed by atoms with Crippen LogP contribution in [0.3, 0.4) is 0 Å². The summed E-state index contributed by atoms with van der Waals surface area (Å²) in [5.41, 5.74) is 5.32. The molecule has 0 aromatic heterocycles. The summed E-state index contributed by atoms with van der Waals surface area (Å²) in [7, 11) is 0. The summed E-state index contributed by atoms with van der Waals surface area (Å²) >= 11 is 0. The Morgan fingerprint density at radius 1 is 0.963 bits per heavy atom. The van der Waals surface area contributed by atoms with E-state index in [1.54, 1.807) is 0 Å². The SMILES string of the molecule is CCCN1CCN(c2ccc3c(c2)C(=O)/C(=C/c2ccccc2)CC3)CC1. The molecule has 1 heterocycles. The number of anilines is 1. The number of benzene rings is 2. The second-order valence-corrected chi connectivity index (χ2v) is 7.58. The van der Waals surface area contributed by atoms with Gasteiger partial charge in [0.15, 0.2) is 5.78 Å². The molecule has 140 valence electrons. The van der Waals surface area contributed by atoms with E-state index in [0.717, 1.165) is 55.7 Å². The Kier molecular flexibility index (Phi) is 5.40. The molecule has 27 heavy (non-hydrogen) atoms. The predicted octanol–water partition coefficient (Wildman–Crippen LogP) is 4.43. The first kappa shape index (κ1) is 18.0. The van der Waals surface area contributed by atoms with Crippen LogP contribution in [0.25, 0.3) is 6.08 Å². The normalized spacial score (nSPS) is 19.4. The van der Waals surface area contributed by atoms with Crippen LogP contribution < -0.4 is 4.90 Å². The summed E-state index contributed by atoms with van der Waals surface area (Å²) < 4.78 is 0. The van der Waals surface area contributed by atoms with Gasteiger partial charge in [0, 0.05) is 43.0 Å². The monoisotopic (exact) mass is 360 g/mol. The van der Waals surface area contributed by atoms with Gasteiger partial charge in [0.05, 0.1) is 0 Å². The number of hydrogen-bond donors (Lipinski definition) is 0. The van der Waals surface area contributed by atoms with Crippen LogP contribution in [0.15, 0.2) is 54.1 Å². The molecule has 1 fully saturated rings. The van der Waals surface area contributed by atoms with E-state index in [1.807, 2.05) is 18.2 Å². The van der Waals surface area contributed by atoms with E-state index in [4.69, 9.17) is 0 Å². The van der Waals surface area contributed by atoms with E-state index in [0.29, 0.717) is 0 Å².